The second-order valence-corrected chi connectivity index (χ2v) is 10.7. The Morgan fingerprint density at radius 3 is 2.63 bits per heavy atom. The Balaban J connectivity index is 1.46. The molecule has 11 heteroatoms. The van der Waals surface area contributed by atoms with Crippen molar-refractivity contribution in [3.05, 3.63) is 113 Å². The van der Waals surface area contributed by atoms with Gasteiger partial charge in [-0.05, 0) is 48.7 Å². The van der Waals surface area contributed by atoms with Gasteiger partial charge >= 0.3 is 0 Å². The van der Waals surface area contributed by atoms with Gasteiger partial charge in [0.2, 0.25) is 0 Å². The van der Waals surface area contributed by atoms with Crippen molar-refractivity contribution in [2.75, 3.05) is 0 Å². The molecule has 8 nitrogen and oxygen atoms in total. The summed E-state index contributed by atoms with van der Waals surface area (Å²) in [7, 11) is 0. The summed E-state index contributed by atoms with van der Waals surface area (Å²) in [6.45, 7) is -0.00518. The highest BCUT2D eigenvalue weighted by atomic mass is 19.1. The molecule has 3 heterocycles. The number of nitrogens with one attached hydrogen (secondary N) is 2. The van der Waals surface area contributed by atoms with E-state index in [-0.39, 0.29) is 40.9 Å². The fourth-order valence-electron chi connectivity index (χ4n) is 5.60. The Morgan fingerprint density at radius 1 is 0.977 bits per heavy atom. The van der Waals surface area contributed by atoms with Crippen LogP contribution >= 0.6 is 0 Å². The molecule has 2 aromatic heterocycles. The van der Waals surface area contributed by atoms with E-state index in [0.29, 0.717) is 53.4 Å². The maximum absolute atomic E-state index is 15.5. The standard InChI is InChI=1S/C32H31F3N6O2/c33-24-7-3-1-5-19(24)20-6-2-4-8-30(42)27(36)17-41(37)16-23-21-11-12-38-28(21)14-26(35)31(23)43-18-9-10-25(34)22(13-18)32-39-15-29(20)40-32/h1,3,5,7,9-15,17,20,30,38,42H,2,4,6,8,16,36-37H2,(H,39,40)/b27-17-. The van der Waals surface area contributed by atoms with Gasteiger partial charge in [0, 0.05) is 52.7 Å². The maximum Gasteiger partial charge on any atom is 0.168 e. The molecule has 4 bridgehead atoms. The van der Waals surface area contributed by atoms with Crippen molar-refractivity contribution in [2.45, 2.75) is 44.2 Å². The van der Waals surface area contributed by atoms with Crippen molar-refractivity contribution in [3.63, 3.8) is 0 Å². The molecule has 0 amide bonds. The van der Waals surface area contributed by atoms with E-state index in [0.717, 1.165) is 0 Å². The van der Waals surface area contributed by atoms with Gasteiger partial charge in [-0.25, -0.2) is 24.0 Å². The topological polar surface area (TPSA) is 129 Å². The van der Waals surface area contributed by atoms with E-state index in [1.54, 1.807) is 36.7 Å². The number of aliphatic hydroxyl groups is 1. The summed E-state index contributed by atoms with van der Waals surface area (Å²) in [5.41, 5.74) is 8.49. The van der Waals surface area contributed by atoms with Gasteiger partial charge in [-0.1, -0.05) is 31.0 Å². The molecule has 6 rings (SSSR count). The number of rotatable bonds is 1. The smallest absolute Gasteiger partial charge is 0.168 e. The van der Waals surface area contributed by atoms with E-state index < -0.39 is 23.7 Å². The van der Waals surface area contributed by atoms with Crippen LogP contribution in [0.3, 0.4) is 0 Å². The van der Waals surface area contributed by atoms with E-state index in [2.05, 4.69) is 15.0 Å². The third-order valence-electron chi connectivity index (χ3n) is 7.79. The van der Waals surface area contributed by atoms with Crippen LogP contribution in [0.4, 0.5) is 13.2 Å². The molecule has 43 heavy (non-hydrogen) atoms. The lowest BCUT2D eigenvalue weighted by molar-refractivity contribution is 0.190. The predicted molar refractivity (Wildman–Crippen MR) is 157 cm³/mol. The van der Waals surface area contributed by atoms with Crippen LogP contribution in [0.2, 0.25) is 0 Å². The summed E-state index contributed by atoms with van der Waals surface area (Å²) in [5.74, 6) is 4.58. The second-order valence-electron chi connectivity index (χ2n) is 10.7. The number of benzene rings is 3. The van der Waals surface area contributed by atoms with E-state index in [1.807, 2.05) is 0 Å². The number of ether oxygens (including phenoxy) is 1. The Labute approximate surface area is 245 Å². The van der Waals surface area contributed by atoms with Gasteiger partial charge in [0.1, 0.15) is 23.2 Å². The molecule has 0 saturated carbocycles. The largest absolute Gasteiger partial charge is 0.454 e. The van der Waals surface area contributed by atoms with Crippen LogP contribution in [-0.4, -0.2) is 31.2 Å². The number of hydrazine groups is 1. The SMILES string of the molecule is N/C1=C\N(N)Cc2c(c(F)cc3[nH]ccc23)Oc2ccc(F)c(c2)-c2ncc([nH]2)C(c2ccccc2F)CCCCC1O. The summed E-state index contributed by atoms with van der Waals surface area (Å²) < 4.78 is 51.6. The van der Waals surface area contributed by atoms with E-state index in [1.165, 1.54) is 41.5 Å². The molecule has 1 aliphatic rings. The van der Waals surface area contributed by atoms with Gasteiger partial charge in [0.15, 0.2) is 11.6 Å². The molecule has 222 valence electrons. The van der Waals surface area contributed by atoms with E-state index >= 15 is 8.78 Å². The second kappa shape index (κ2) is 11.9. The normalized spacial score (nSPS) is 19.5. The summed E-state index contributed by atoms with van der Waals surface area (Å²) in [4.78, 5) is 10.6. The molecule has 2 unspecified atom stereocenters. The van der Waals surface area contributed by atoms with E-state index in [9.17, 15) is 9.50 Å². The first-order valence-corrected chi connectivity index (χ1v) is 14.0. The number of hydrogen-bond donors (Lipinski definition) is 5. The summed E-state index contributed by atoms with van der Waals surface area (Å²) >= 11 is 0. The van der Waals surface area contributed by atoms with Gasteiger partial charge in [-0.15, -0.1) is 0 Å². The maximum atomic E-state index is 15.5. The summed E-state index contributed by atoms with van der Waals surface area (Å²) in [5, 5.41) is 12.7. The van der Waals surface area contributed by atoms with Crippen LogP contribution in [0.25, 0.3) is 22.3 Å². The number of aromatic amines is 2. The zero-order valence-electron chi connectivity index (χ0n) is 23.2. The first-order chi connectivity index (χ1) is 20.8. The van der Waals surface area contributed by atoms with Crippen molar-refractivity contribution in [3.8, 4) is 22.9 Å². The Bertz CT molecular complexity index is 1800. The third-order valence-corrected chi connectivity index (χ3v) is 7.79. The van der Waals surface area contributed by atoms with Gasteiger partial charge in [-0.3, -0.25) is 0 Å². The van der Waals surface area contributed by atoms with Crippen molar-refractivity contribution >= 4 is 10.9 Å². The lowest BCUT2D eigenvalue weighted by Crippen LogP contribution is -2.29. The molecule has 1 aliphatic heterocycles. The highest BCUT2D eigenvalue weighted by molar-refractivity contribution is 5.85. The molecule has 0 aliphatic carbocycles. The highest BCUT2D eigenvalue weighted by Gasteiger charge is 2.23. The number of imidazole rings is 1. The molecule has 0 spiro atoms. The van der Waals surface area contributed by atoms with Gasteiger partial charge in [-0.2, -0.15) is 0 Å². The zero-order chi connectivity index (χ0) is 30.1. The molecule has 3 aromatic carbocycles. The van der Waals surface area contributed by atoms with Crippen LogP contribution in [0.5, 0.6) is 11.5 Å². The number of nitrogens with zero attached hydrogens (tertiary/aromatic N) is 2. The average molecular weight is 589 g/mol. The molecule has 0 radical (unpaired) electrons. The molecule has 0 saturated heterocycles. The monoisotopic (exact) mass is 588 g/mol. The Kier molecular flexibility index (Phi) is 7.83. The molecular formula is C32H31F3N6O2. The fraction of sp³-hybridized carbons (Fsp3) is 0.219. The number of aliphatic hydroxyl groups excluding tert-OH is 1. The van der Waals surface area contributed by atoms with Gasteiger partial charge < -0.3 is 30.6 Å². The zero-order valence-corrected chi connectivity index (χ0v) is 23.2. The van der Waals surface area contributed by atoms with Crippen molar-refractivity contribution < 1.29 is 23.0 Å². The van der Waals surface area contributed by atoms with Crippen LogP contribution in [-0.2, 0) is 6.54 Å². The number of aromatic nitrogens is 3. The molecular weight excluding hydrogens is 557 g/mol. The average Bonchev–Trinajstić information content (AvgIpc) is 3.66. The number of fused-ring (bicyclic) bond motifs is 8. The molecule has 5 aromatic rings. The molecule has 7 N–H and O–H groups in total. The van der Waals surface area contributed by atoms with Crippen LogP contribution in [0.1, 0.15) is 48.4 Å². The van der Waals surface area contributed by atoms with Crippen LogP contribution in [0.15, 0.2) is 78.9 Å². The third kappa shape index (κ3) is 5.81. The van der Waals surface area contributed by atoms with Crippen LogP contribution in [0, 0.1) is 17.5 Å². The van der Waals surface area contributed by atoms with Crippen LogP contribution < -0.4 is 16.3 Å². The predicted octanol–water partition coefficient (Wildman–Crippen LogP) is 6.31. The van der Waals surface area contributed by atoms with Gasteiger partial charge in [0.05, 0.1) is 23.9 Å². The Hall–Kier alpha value is -4.74. The minimum Gasteiger partial charge on any atom is -0.454 e. The van der Waals surface area contributed by atoms with Gasteiger partial charge in [0.25, 0.3) is 0 Å². The molecule has 2 atom stereocenters. The number of hydrogen-bond acceptors (Lipinski definition) is 6. The summed E-state index contributed by atoms with van der Waals surface area (Å²) in [6.07, 6.45) is 5.80. The first-order valence-electron chi connectivity index (χ1n) is 14.0. The van der Waals surface area contributed by atoms with Crippen molar-refractivity contribution in [2.24, 2.45) is 11.6 Å². The minimum atomic E-state index is -0.973. The quantitative estimate of drug-likeness (QED) is 0.146. The number of nitrogens with two attached hydrogens (primary N) is 2. The highest BCUT2D eigenvalue weighted by Crippen LogP contribution is 2.37. The lowest BCUT2D eigenvalue weighted by Gasteiger charge is -2.21. The van der Waals surface area contributed by atoms with Crippen molar-refractivity contribution in [1.82, 2.24) is 20.0 Å². The number of H-pyrrole nitrogens is 2. The Morgan fingerprint density at radius 2 is 1.79 bits per heavy atom. The molecule has 0 fully saturated rings. The first kappa shape index (κ1) is 28.4. The minimum absolute atomic E-state index is 0.00518. The fourth-order valence-corrected chi connectivity index (χ4v) is 5.60. The van der Waals surface area contributed by atoms with Crippen molar-refractivity contribution in [1.29, 1.82) is 0 Å². The summed E-state index contributed by atoms with van der Waals surface area (Å²) in [6, 6.07) is 13.6. The van der Waals surface area contributed by atoms with E-state index in [4.69, 9.17) is 16.3 Å². The number of halogens is 3. The lowest BCUT2D eigenvalue weighted by atomic mass is 9.90.